The normalized spacial score (nSPS) is 26.1. The first-order valence-corrected chi connectivity index (χ1v) is 15.0. The SMILES string of the molecule is CC(C)(C)c1cc(-c2ccc(C34CC5CC(CC(C5)C3)C4)cc2)c2oc3cc(-c4ccccc4)ccc3c2c1. The molecule has 0 saturated heterocycles. The van der Waals surface area contributed by atoms with Crippen LogP contribution in [-0.4, -0.2) is 0 Å². The Bertz CT molecular complexity index is 1660. The van der Waals surface area contributed by atoms with E-state index in [1.54, 1.807) is 5.56 Å². The smallest absolute Gasteiger partial charge is 0.143 e. The predicted octanol–water partition coefficient (Wildman–Crippen LogP) is 10.7. The van der Waals surface area contributed by atoms with Gasteiger partial charge in [0.25, 0.3) is 0 Å². The average Bonchev–Trinajstić information content (AvgIpc) is 3.30. The summed E-state index contributed by atoms with van der Waals surface area (Å²) in [4.78, 5) is 0. The lowest BCUT2D eigenvalue weighted by atomic mass is 9.48. The molecule has 4 bridgehead atoms. The van der Waals surface area contributed by atoms with Gasteiger partial charge < -0.3 is 4.42 Å². The summed E-state index contributed by atoms with van der Waals surface area (Å²) in [5.41, 5.74) is 10.3. The number of hydrogen-bond acceptors (Lipinski definition) is 1. The quantitative estimate of drug-likeness (QED) is 0.235. The number of rotatable bonds is 3. The first-order chi connectivity index (χ1) is 18.8. The van der Waals surface area contributed by atoms with Gasteiger partial charge in [-0.1, -0.05) is 81.4 Å². The van der Waals surface area contributed by atoms with Crippen LogP contribution in [0.2, 0.25) is 0 Å². The molecule has 0 unspecified atom stereocenters. The molecule has 0 N–H and O–H groups in total. The van der Waals surface area contributed by atoms with E-state index in [1.807, 2.05) is 0 Å². The van der Waals surface area contributed by atoms with Crippen molar-refractivity contribution >= 4 is 21.9 Å². The van der Waals surface area contributed by atoms with Gasteiger partial charge in [-0.25, -0.2) is 0 Å². The van der Waals surface area contributed by atoms with Gasteiger partial charge in [-0.05, 0) is 119 Å². The molecule has 0 aliphatic heterocycles. The van der Waals surface area contributed by atoms with E-state index in [0.717, 1.165) is 28.9 Å². The molecule has 4 aliphatic carbocycles. The summed E-state index contributed by atoms with van der Waals surface area (Å²) in [5, 5.41) is 2.42. The molecule has 39 heavy (non-hydrogen) atoms. The molecule has 1 nitrogen and oxygen atoms in total. The minimum atomic E-state index is 0.0512. The Morgan fingerprint density at radius 3 is 1.92 bits per heavy atom. The highest BCUT2D eigenvalue weighted by Gasteiger charge is 2.51. The monoisotopic (exact) mass is 510 g/mol. The third kappa shape index (κ3) is 3.80. The van der Waals surface area contributed by atoms with Gasteiger partial charge >= 0.3 is 0 Å². The minimum Gasteiger partial charge on any atom is -0.455 e. The Morgan fingerprint density at radius 2 is 1.28 bits per heavy atom. The van der Waals surface area contributed by atoms with Crippen LogP contribution in [0, 0.1) is 17.8 Å². The van der Waals surface area contributed by atoms with Crippen LogP contribution in [0.5, 0.6) is 0 Å². The zero-order valence-corrected chi connectivity index (χ0v) is 23.5. The maximum absolute atomic E-state index is 6.70. The fourth-order valence-electron chi connectivity index (χ4n) is 8.80. The molecule has 9 rings (SSSR count). The lowest BCUT2D eigenvalue weighted by molar-refractivity contribution is -0.00518. The van der Waals surface area contributed by atoms with Gasteiger partial charge in [0.05, 0.1) is 0 Å². The molecule has 5 aromatic rings. The second kappa shape index (κ2) is 8.34. The Morgan fingerprint density at radius 1 is 0.641 bits per heavy atom. The van der Waals surface area contributed by atoms with Gasteiger partial charge in [0.15, 0.2) is 0 Å². The Balaban J connectivity index is 1.25. The summed E-state index contributed by atoms with van der Waals surface area (Å²) in [7, 11) is 0. The summed E-state index contributed by atoms with van der Waals surface area (Å²) >= 11 is 0. The van der Waals surface area contributed by atoms with Gasteiger partial charge in [-0.2, -0.15) is 0 Å². The van der Waals surface area contributed by atoms with Crippen molar-refractivity contribution in [1.29, 1.82) is 0 Å². The van der Waals surface area contributed by atoms with Crippen LogP contribution < -0.4 is 0 Å². The van der Waals surface area contributed by atoms with Crippen molar-refractivity contribution in [1.82, 2.24) is 0 Å². The molecule has 4 aromatic carbocycles. The molecule has 4 fully saturated rings. The average molecular weight is 511 g/mol. The minimum absolute atomic E-state index is 0.0512. The first kappa shape index (κ1) is 23.6. The predicted molar refractivity (Wildman–Crippen MR) is 163 cm³/mol. The van der Waals surface area contributed by atoms with E-state index in [4.69, 9.17) is 4.42 Å². The van der Waals surface area contributed by atoms with Crippen molar-refractivity contribution in [3.8, 4) is 22.3 Å². The Kier molecular flexibility index (Phi) is 5.04. The van der Waals surface area contributed by atoms with Gasteiger partial charge in [0.2, 0.25) is 0 Å². The van der Waals surface area contributed by atoms with Gasteiger partial charge in [-0.15, -0.1) is 0 Å². The number of hydrogen-bond donors (Lipinski definition) is 0. The highest BCUT2D eigenvalue weighted by atomic mass is 16.3. The van der Waals surface area contributed by atoms with E-state index in [1.165, 1.54) is 77.1 Å². The van der Waals surface area contributed by atoms with Crippen LogP contribution in [0.25, 0.3) is 44.2 Å². The maximum Gasteiger partial charge on any atom is 0.143 e. The molecular weight excluding hydrogens is 472 g/mol. The molecule has 1 heteroatoms. The molecule has 1 heterocycles. The van der Waals surface area contributed by atoms with Gasteiger partial charge in [0, 0.05) is 16.3 Å². The van der Waals surface area contributed by atoms with Crippen molar-refractivity contribution in [3.05, 3.63) is 96.1 Å². The second-order valence-corrected chi connectivity index (χ2v) is 14.1. The van der Waals surface area contributed by atoms with E-state index in [0.29, 0.717) is 5.41 Å². The third-order valence-electron chi connectivity index (χ3n) is 10.4. The molecular formula is C38H38O. The molecule has 0 radical (unpaired) electrons. The molecule has 1 aromatic heterocycles. The molecule has 0 atom stereocenters. The lowest BCUT2D eigenvalue weighted by Gasteiger charge is -2.57. The number of fused-ring (bicyclic) bond motifs is 3. The topological polar surface area (TPSA) is 13.1 Å². The largest absolute Gasteiger partial charge is 0.455 e. The van der Waals surface area contributed by atoms with Crippen molar-refractivity contribution in [2.45, 2.75) is 70.1 Å². The molecule has 0 amide bonds. The third-order valence-corrected chi connectivity index (χ3v) is 10.4. The summed E-state index contributed by atoms with van der Waals surface area (Å²) in [6.07, 6.45) is 8.72. The van der Waals surface area contributed by atoms with Crippen LogP contribution in [0.3, 0.4) is 0 Å². The van der Waals surface area contributed by atoms with Crippen molar-refractivity contribution in [3.63, 3.8) is 0 Å². The van der Waals surface area contributed by atoms with Crippen LogP contribution in [-0.2, 0) is 10.8 Å². The summed E-state index contributed by atoms with van der Waals surface area (Å²) in [6.45, 7) is 6.93. The fourth-order valence-corrected chi connectivity index (χ4v) is 8.80. The Labute approximate surface area is 232 Å². The molecule has 4 aliphatic rings. The van der Waals surface area contributed by atoms with Crippen LogP contribution in [0.1, 0.15) is 70.4 Å². The van der Waals surface area contributed by atoms with Gasteiger partial charge in [-0.3, -0.25) is 0 Å². The number of furan rings is 1. The van der Waals surface area contributed by atoms with E-state index in [2.05, 4.69) is 106 Å². The van der Waals surface area contributed by atoms with E-state index < -0.39 is 0 Å². The number of benzene rings is 4. The second-order valence-electron chi connectivity index (χ2n) is 14.1. The molecule has 4 saturated carbocycles. The van der Waals surface area contributed by atoms with Gasteiger partial charge in [0.1, 0.15) is 11.2 Å². The van der Waals surface area contributed by atoms with Crippen LogP contribution in [0.4, 0.5) is 0 Å². The highest BCUT2D eigenvalue weighted by Crippen LogP contribution is 2.60. The van der Waals surface area contributed by atoms with Crippen molar-refractivity contribution in [2.75, 3.05) is 0 Å². The summed E-state index contributed by atoms with van der Waals surface area (Å²) < 4.78 is 6.70. The van der Waals surface area contributed by atoms with E-state index in [9.17, 15) is 0 Å². The van der Waals surface area contributed by atoms with Crippen LogP contribution >= 0.6 is 0 Å². The summed E-state index contributed by atoms with van der Waals surface area (Å²) in [5.74, 6) is 2.90. The van der Waals surface area contributed by atoms with E-state index >= 15 is 0 Å². The fraction of sp³-hybridized carbons (Fsp3) is 0.368. The van der Waals surface area contributed by atoms with Crippen molar-refractivity contribution in [2.24, 2.45) is 17.8 Å². The van der Waals surface area contributed by atoms with Crippen LogP contribution in [0.15, 0.2) is 89.3 Å². The zero-order chi connectivity index (χ0) is 26.4. The van der Waals surface area contributed by atoms with Crippen molar-refractivity contribution < 1.29 is 4.42 Å². The first-order valence-electron chi connectivity index (χ1n) is 15.0. The highest BCUT2D eigenvalue weighted by molar-refractivity contribution is 6.10. The summed E-state index contributed by atoms with van der Waals surface area (Å²) in [6, 6.07) is 31.7. The zero-order valence-electron chi connectivity index (χ0n) is 23.5. The maximum atomic E-state index is 6.70. The molecule has 196 valence electrons. The Hall–Kier alpha value is -3.32. The standard InChI is InChI=1S/C38H38O/c1-37(2,3)31-19-33(28-9-12-30(13-10-28)38-21-24-15-25(22-38)17-26(16-24)23-38)36-34(20-31)32-14-11-29(18-35(32)39-36)27-7-5-4-6-8-27/h4-14,18-20,24-26H,15-17,21-23H2,1-3H3. The van der Waals surface area contributed by atoms with E-state index in [-0.39, 0.29) is 5.41 Å². The molecule has 0 spiro atoms. The lowest BCUT2D eigenvalue weighted by Crippen LogP contribution is -2.48.